The van der Waals surface area contributed by atoms with Crippen molar-refractivity contribution in [2.75, 3.05) is 19.6 Å². The average Bonchev–Trinajstić information content (AvgIpc) is 1.61. The summed E-state index contributed by atoms with van der Waals surface area (Å²) in [5.41, 5.74) is 28.0. The smallest absolute Gasteiger partial charge is 0.159 e. The number of para-hydroxylation sites is 9. The number of benzene rings is 20. The summed E-state index contributed by atoms with van der Waals surface area (Å²) in [5.74, 6) is 0.544. The van der Waals surface area contributed by atoms with Gasteiger partial charge in [-0.25, -0.2) is 0 Å². The summed E-state index contributed by atoms with van der Waals surface area (Å²) in [7, 11) is 0. The first-order chi connectivity index (χ1) is 63.0. The van der Waals surface area contributed by atoms with Crippen LogP contribution in [0.3, 0.4) is 0 Å². The van der Waals surface area contributed by atoms with E-state index >= 15 is 0 Å². The van der Waals surface area contributed by atoms with Crippen LogP contribution < -0.4 is 19.6 Å². The largest absolute Gasteiger partial charge is 0.454 e. The van der Waals surface area contributed by atoms with Gasteiger partial charge in [0.25, 0.3) is 0 Å². The Labute approximate surface area is 743 Å². The van der Waals surface area contributed by atoms with Gasteiger partial charge in [0.2, 0.25) is 0 Å². The number of rotatable bonds is 22. The Morgan fingerprint density at radius 1 is 0.227 bits per heavy atom. The lowest BCUT2D eigenvalue weighted by Gasteiger charge is -2.29. The number of furan rings is 4. The van der Waals surface area contributed by atoms with Gasteiger partial charge in [-0.3, -0.25) is 0 Å². The Kier molecular flexibility index (Phi) is 18.3. The molecule has 0 unspecified atom stereocenters. The number of aryl methyl sites for hydroxylation is 3. The number of hydrogen-bond acceptors (Lipinski definition) is 8. The molecule has 4 heterocycles. The zero-order chi connectivity index (χ0) is 85.7. The van der Waals surface area contributed by atoms with Crippen molar-refractivity contribution in [1.82, 2.24) is 0 Å². The SMILES string of the molecule is CCCCc1cccc2c1oc1c(N(c3ccccc3)c3ccc4ccc5c(N(c6ccc(Cc7ccc(N(c8ccc9ccc%10c(N(c%11ccc(C)cc%11)c%11cccc%12c%11oc%11c(C(C)C)cccc%11%12)ccc%11ccc8c9c%11%10)c8cccc9c8oc8c(C(C)C)cccc89)cc7)cc6)c6cccc7c6oc6c(CCCC)cccc67)ccc6ccc3c4c65)cccc12. The Hall–Kier alpha value is -15.1. The van der Waals surface area contributed by atoms with Crippen LogP contribution in [0.4, 0.5) is 68.2 Å². The van der Waals surface area contributed by atoms with E-state index in [1.54, 1.807) is 0 Å². The second-order valence-corrected chi connectivity index (χ2v) is 35.8. The molecule has 0 saturated heterocycles. The molecule has 0 fully saturated rings. The highest BCUT2D eigenvalue weighted by molar-refractivity contribution is 6.31. The highest BCUT2D eigenvalue weighted by Crippen LogP contribution is 2.55. The highest BCUT2D eigenvalue weighted by Gasteiger charge is 2.31. The third-order valence-electron chi connectivity index (χ3n) is 27.3. The Morgan fingerprint density at radius 3 is 0.820 bits per heavy atom. The van der Waals surface area contributed by atoms with Gasteiger partial charge >= 0.3 is 0 Å². The standard InChI is InChI=1S/C120H94N4O4/c1-8-10-23-81-25-15-31-89-93-35-19-39-105(117(93)125-113(81)89)121(83-27-13-12-14-28-83)101-67-53-77-51-65-99-103(69-55-78-49-63-97(101)109(77)111(78)99)123(106-40-20-36-94-90-32-16-26-82(24-11-9-2)114(90)126-118(94)106)85-59-45-75(46-60-85)71-76-47-61-86(62-48-76)124(108-42-22-38-96-92-34-18-30-88(73(5)6)116(92)128-120(96)108)104-70-56-80-50-64-98-102(68-54-79-52-66-100(104)112(80)110(79)98)122(84-57-43-74(7)44-58-84)107-41-21-37-95-91-33-17-29-87(72(3)4)115(91)127-119(95)107/h12-22,25-70,72-73H,8-11,23-24,71H2,1-7H3. The lowest BCUT2D eigenvalue weighted by molar-refractivity contribution is 0.657. The molecule has 0 amide bonds. The summed E-state index contributed by atoms with van der Waals surface area (Å²) in [6.45, 7) is 15.7. The summed E-state index contributed by atoms with van der Waals surface area (Å²) >= 11 is 0. The molecule has 8 heteroatoms. The summed E-state index contributed by atoms with van der Waals surface area (Å²) in [5, 5.41) is 23.0. The molecular formula is C120H94N4O4. The monoisotopic (exact) mass is 1650 g/mol. The van der Waals surface area contributed by atoms with Crippen molar-refractivity contribution in [2.45, 2.75) is 105 Å². The third kappa shape index (κ3) is 12.2. The quantitative estimate of drug-likeness (QED) is 0.0622. The molecule has 24 aromatic rings. The summed E-state index contributed by atoms with van der Waals surface area (Å²) in [4.78, 5) is 9.74. The molecule has 0 aliphatic carbocycles. The number of fused-ring (bicyclic) bond motifs is 12. The fraction of sp³-hybridized carbons (Fsp3) is 0.133. The Balaban J connectivity index is 0.633. The van der Waals surface area contributed by atoms with Crippen molar-refractivity contribution in [3.8, 4) is 0 Å². The molecule has 20 aromatic carbocycles. The zero-order valence-corrected chi connectivity index (χ0v) is 72.9. The minimum absolute atomic E-state index is 0.256. The van der Waals surface area contributed by atoms with Gasteiger partial charge in [0, 0.05) is 87.4 Å². The minimum atomic E-state index is 0.256. The van der Waals surface area contributed by atoms with E-state index in [1.807, 2.05) is 0 Å². The molecule has 0 atom stereocenters. The minimum Gasteiger partial charge on any atom is -0.454 e. The van der Waals surface area contributed by atoms with Gasteiger partial charge in [-0.05, 0) is 224 Å². The van der Waals surface area contributed by atoms with Crippen molar-refractivity contribution >= 4 is 221 Å². The zero-order valence-electron chi connectivity index (χ0n) is 72.9. The predicted molar refractivity (Wildman–Crippen MR) is 541 cm³/mol. The van der Waals surface area contributed by atoms with E-state index in [-0.39, 0.29) is 11.8 Å². The van der Waals surface area contributed by atoms with E-state index in [1.165, 1.54) is 82.0 Å². The van der Waals surface area contributed by atoms with Gasteiger partial charge in [0.1, 0.15) is 22.3 Å². The molecular weight excluding hydrogens is 1560 g/mol. The van der Waals surface area contributed by atoms with Crippen molar-refractivity contribution in [2.24, 2.45) is 0 Å². The van der Waals surface area contributed by atoms with Gasteiger partial charge < -0.3 is 37.3 Å². The first-order valence-electron chi connectivity index (χ1n) is 45.6. The number of unbranched alkanes of at least 4 members (excludes halogenated alkanes) is 2. The fourth-order valence-corrected chi connectivity index (χ4v) is 21.1. The molecule has 0 saturated carbocycles. The van der Waals surface area contributed by atoms with E-state index < -0.39 is 0 Å². The van der Waals surface area contributed by atoms with E-state index in [0.29, 0.717) is 6.42 Å². The van der Waals surface area contributed by atoms with Crippen LogP contribution in [0.25, 0.3) is 152 Å². The predicted octanol–water partition coefficient (Wildman–Crippen LogP) is 35.8. The van der Waals surface area contributed by atoms with Crippen LogP contribution in [0.2, 0.25) is 0 Å². The number of anilines is 12. The van der Waals surface area contributed by atoms with Crippen LogP contribution in [0.5, 0.6) is 0 Å². The topological polar surface area (TPSA) is 65.5 Å². The maximum Gasteiger partial charge on any atom is 0.159 e. The summed E-state index contributed by atoms with van der Waals surface area (Å²) < 4.78 is 29.0. The van der Waals surface area contributed by atoms with Crippen molar-refractivity contribution < 1.29 is 17.7 Å². The second-order valence-electron chi connectivity index (χ2n) is 35.8. The van der Waals surface area contributed by atoms with Gasteiger partial charge in [-0.15, -0.1) is 0 Å². The third-order valence-corrected chi connectivity index (χ3v) is 27.3. The lowest BCUT2D eigenvalue weighted by Crippen LogP contribution is -2.12. The molecule has 0 aliphatic heterocycles. The molecule has 0 spiro atoms. The molecule has 0 radical (unpaired) electrons. The number of nitrogens with zero attached hydrogens (tertiary/aromatic N) is 4. The van der Waals surface area contributed by atoms with Crippen molar-refractivity contribution in [3.05, 3.63) is 385 Å². The molecule has 128 heavy (non-hydrogen) atoms. The van der Waals surface area contributed by atoms with Crippen LogP contribution in [0.1, 0.15) is 118 Å². The second kappa shape index (κ2) is 30.6. The normalized spacial score (nSPS) is 12.2. The highest BCUT2D eigenvalue weighted by atomic mass is 16.3. The van der Waals surface area contributed by atoms with Crippen LogP contribution in [0, 0.1) is 6.92 Å². The first-order valence-corrected chi connectivity index (χ1v) is 45.6. The molecule has 8 nitrogen and oxygen atoms in total. The Bertz CT molecular complexity index is 8480. The molecule has 618 valence electrons. The lowest BCUT2D eigenvalue weighted by atomic mass is 9.91. The molecule has 0 N–H and O–H groups in total. The van der Waals surface area contributed by atoms with Gasteiger partial charge in [-0.1, -0.05) is 309 Å². The fourth-order valence-electron chi connectivity index (χ4n) is 21.1. The van der Waals surface area contributed by atoms with Crippen LogP contribution >= 0.6 is 0 Å². The van der Waals surface area contributed by atoms with Crippen LogP contribution in [-0.4, -0.2) is 0 Å². The average molecular weight is 1660 g/mol. The molecule has 24 rings (SSSR count). The maximum absolute atomic E-state index is 7.34. The summed E-state index contributed by atoms with van der Waals surface area (Å²) in [6.07, 6.45) is 7.01. The van der Waals surface area contributed by atoms with E-state index in [2.05, 4.69) is 414 Å². The van der Waals surface area contributed by atoms with Crippen molar-refractivity contribution in [1.29, 1.82) is 0 Å². The molecule has 0 aliphatic rings. The Morgan fingerprint density at radius 2 is 0.500 bits per heavy atom. The van der Waals surface area contributed by atoms with Crippen molar-refractivity contribution in [3.63, 3.8) is 0 Å². The van der Waals surface area contributed by atoms with Gasteiger partial charge in [0.15, 0.2) is 22.3 Å². The van der Waals surface area contributed by atoms with E-state index in [0.717, 1.165) is 216 Å². The van der Waals surface area contributed by atoms with Crippen LogP contribution in [-0.2, 0) is 19.3 Å². The van der Waals surface area contributed by atoms with Gasteiger partial charge in [0.05, 0.1) is 45.5 Å². The van der Waals surface area contributed by atoms with Crippen LogP contribution in [0.15, 0.2) is 363 Å². The van der Waals surface area contributed by atoms with E-state index in [4.69, 9.17) is 17.7 Å². The summed E-state index contributed by atoms with van der Waals surface area (Å²) in [6, 6.07) is 129. The molecule has 0 bridgehead atoms. The van der Waals surface area contributed by atoms with E-state index in [9.17, 15) is 0 Å². The molecule has 4 aromatic heterocycles. The van der Waals surface area contributed by atoms with Gasteiger partial charge in [-0.2, -0.15) is 0 Å². The number of hydrogen-bond donors (Lipinski definition) is 0. The maximum atomic E-state index is 7.34. The first kappa shape index (κ1) is 76.5.